The van der Waals surface area contributed by atoms with Crippen LogP contribution in [0.25, 0.3) is 0 Å². The van der Waals surface area contributed by atoms with Gasteiger partial charge in [-0.05, 0) is 38.7 Å². The van der Waals surface area contributed by atoms with E-state index in [2.05, 4.69) is 24.6 Å². The van der Waals surface area contributed by atoms with Crippen molar-refractivity contribution in [3.8, 4) is 0 Å². The Hall–Kier alpha value is -3.20. The fraction of sp³-hybridized carbons (Fsp3) is 0.550. The fourth-order valence-electron chi connectivity index (χ4n) is 3.81. The number of nitrogens with one attached hydrogen (secondary N) is 1. The van der Waals surface area contributed by atoms with Crippen LogP contribution in [0.1, 0.15) is 45.4 Å². The van der Waals surface area contributed by atoms with E-state index in [-0.39, 0.29) is 33.7 Å². The van der Waals surface area contributed by atoms with E-state index in [9.17, 15) is 19.2 Å². The number of hydrogen-bond acceptors (Lipinski definition) is 13. The number of anilines is 1. The average Bonchev–Trinajstić information content (AvgIpc) is 3.48. The van der Waals surface area contributed by atoms with E-state index in [1.54, 1.807) is 6.08 Å². The normalized spacial score (nSPS) is 24.2. The van der Waals surface area contributed by atoms with E-state index < -0.39 is 42.0 Å². The van der Waals surface area contributed by atoms with Crippen LogP contribution in [-0.4, -0.2) is 73.3 Å². The molecule has 15 heteroatoms. The predicted molar refractivity (Wildman–Crippen MR) is 125 cm³/mol. The van der Waals surface area contributed by atoms with Gasteiger partial charge in [0.15, 0.2) is 5.13 Å². The number of aromatic nitrogens is 2. The second-order valence-electron chi connectivity index (χ2n) is 8.04. The van der Waals surface area contributed by atoms with Gasteiger partial charge >= 0.3 is 11.9 Å². The number of nitrogen functional groups attached to an aromatic ring is 1. The van der Waals surface area contributed by atoms with E-state index in [1.165, 1.54) is 23.6 Å². The second-order valence-corrected chi connectivity index (χ2v) is 10.3. The highest BCUT2D eigenvalue weighted by molar-refractivity contribution is 8.00. The van der Waals surface area contributed by atoms with Gasteiger partial charge in [0.1, 0.15) is 23.2 Å². The molecule has 1 saturated carbocycles. The third-order valence-electron chi connectivity index (χ3n) is 5.46. The molecule has 3 heterocycles. The summed E-state index contributed by atoms with van der Waals surface area (Å²) in [5.41, 5.74) is 5.51. The van der Waals surface area contributed by atoms with Crippen molar-refractivity contribution < 1.29 is 33.5 Å². The molecular formula is C20H24N6O7S2. The highest BCUT2D eigenvalue weighted by atomic mass is 32.2. The number of ether oxygens (including phenoxy) is 2. The smallest absolute Gasteiger partial charge is 0.357 e. The molecule has 1 saturated heterocycles. The van der Waals surface area contributed by atoms with E-state index in [0.717, 1.165) is 37.2 Å². The zero-order chi connectivity index (χ0) is 25.1. The molecule has 1 aromatic rings. The Morgan fingerprint density at radius 1 is 1.29 bits per heavy atom. The molecule has 188 valence electrons. The van der Waals surface area contributed by atoms with Gasteiger partial charge in [-0.25, -0.2) is 4.79 Å². The summed E-state index contributed by atoms with van der Waals surface area (Å²) in [4.78, 5) is 60.2. The monoisotopic (exact) mass is 524 g/mol. The standard InChI is InChI=1S/C20H24N6O7S2/c1-9-7-12(19(30)32-8-31-10(2)27)26-17(29)14(18(26)34-9)22-16(28)13(15-23-20(21)35-25-15)24-33-11-5-3-4-6-11/h7,9,11,14,18H,3-6,8H2,1-2H3,(H,22,28)(H2,21,23,25)/b24-13-/t9?,14?,18-/m1/s1. The van der Waals surface area contributed by atoms with Gasteiger partial charge in [-0.1, -0.05) is 5.16 Å². The maximum atomic E-state index is 13.1. The van der Waals surface area contributed by atoms with Crippen LogP contribution in [-0.2, 0) is 33.5 Å². The minimum Gasteiger partial charge on any atom is -0.428 e. The molecule has 2 aliphatic heterocycles. The van der Waals surface area contributed by atoms with Crippen LogP contribution in [0.15, 0.2) is 16.9 Å². The van der Waals surface area contributed by atoms with Crippen molar-refractivity contribution in [3.05, 3.63) is 17.6 Å². The number of oxime groups is 1. The molecule has 13 nitrogen and oxygen atoms in total. The number of nitrogens with two attached hydrogens (primary N) is 1. The molecule has 35 heavy (non-hydrogen) atoms. The molecule has 1 aliphatic carbocycles. The quantitative estimate of drug-likeness (QED) is 0.159. The summed E-state index contributed by atoms with van der Waals surface area (Å²) in [5.74, 6) is -2.60. The molecule has 2 fully saturated rings. The van der Waals surface area contributed by atoms with Crippen molar-refractivity contribution in [3.63, 3.8) is 0 Å². The molecular weight excluding hydrogens is 500 g/mol. The first kappa shape index (κ1) is 24.9. The number of β-lactam (4-membered cyclic amide) rings is 1. The van der Waals surface area contributed by atoms with Gasteiger partial charge in [0.25, 0.3) is 11.8 Å². The molecule has 1 aromatic heterocycles. The predicted octanol–water partition coefficient (Wildman–Crippen LogP) is 0.520. The average molecular weight is 525 g/mol. The molecule has 0 aromatic carbocycles. The number of carbonyl (C=O) groups excluding carboxylic acids is 4. The van der Waals surface area contributed by atoms with Gasteiger partial charge in [-0.2, -0.15) is 9.36 Å². The number of nitrogens with zero attached hydrogens (tertiary/aromatic N) is 4. The molecule has 0 bridgehead atoms. The number of fused-ring (bicyclic) bond motifs is 1. The summed E-state index contributed by atoms with van der Waals surface area (Å²) in [5, 5.41) is 6.12. The molecule has 2 unspecified atom stereocenters. The SMILES string of the molecule is CC(=O)OCOC(=O)C1=CC(C)S[C@@H]2C(NC(=O)/C(=N\OC3CCCC3)c3nsc(N)n3)C(=O)N12. The van der Waals surface area contributed by atoms with Crippen LogP contribution in [0, 0.1) is 0 Å². The lowest BCUT2D eigenvalue weighted by molar-refractivity contribution is -0.166. The van der Waals surface area contributed by atoms with Gasteiger partial charge in [-0.3, -0.25) is 19.3 Å². The first-order valence-electron chi connectivity index (χ1n) is 10.9. The summed E-state index contributed by atoms with van der Waals surface area (Å²) >= 11 is 2.29. The largest absolute Gasteiger partial charge is 0.428 e. The molecule has 0 radical (unpaired) electrons. The number of amides is 2. The van der Waals surface area contributed by atoms with Crippen molar-refractivity contribution in [2.24, 2.45) is 5.16 Å². The van der Waals surface area contributed by atoms with Crippen molar-refractivity contribution in [2.75, 3.05) is 12.5 Å². The number of thioether (sulfide) groups is 1. The molecule has 3 atom stereocenters. The van der Waals surface area contributed by atoms with E-state index in [4.69, 9.17) is 15.3 Å². The minimum atomic E-state index is -0.924. The van der Waals surface area contributed by atoms with Crippen LogP contribution in [0.5, 0.6) is 0 Å². The first-order chi connectivity index (χ1) is 16.7. The van der Waals surface area contributed by atoms with Gasteiger partial charge in [0, 0.05) is 23.7 Å². The van der Waals surface area contributed by atoms with Crippen LogP contribution < -0.4 is 11.1 Å². The van der Waals surface area contributed by atoms with Crippen molar-refractivity contribution in [2.45, 2.75) is 62.3 Å². The van der Waals surface area contributed by atoms with Crippen LogP contribution in [0.3, 0.4) is 0 Å². The highest BCUT2D eigenvalue weighted by Crippen LogP contribution is 2.41. The second kappa shape index (κ2) is 10.6. The zero-order valence-electron chi connectivity index (χ0n) is 19.0. The third kappa shape index (κ3) is 5.56. The summed E-state index contributed by atoms with van der Waals surface area (Å²) in [7, 11) is 0. The summed E-state index contributed by atoms with van der Waals surface area (Å²) < 4.78 is 13.6. The maximum Gasteiger partial charge on any atom is 0.357 e. The lowest BCUT2D eigenvalue weighted by atomic mass is 10.0. The zero-order valence-corrected chi connectivity index (χ0v) is 20.6. The third-order valence-corrected chi connectivity index (χ3v) is 7.33. The van der Waals surface area contributed by atoms with E-state index >= 15 is 0 Å². The Bertz CT molecular complexity index is 1080. The lowest BCUT2D eigenvalue weighted by Gasteiger charge is -2.49. The molecule has 4 rings (SSSR count). The Kier molecular flexibility index (Phi) is 7.54. The number of carbonyl (C=O) groups is 4. The molecule has 3 N–H and O–H groups in total. The summed E-state index contributed by atoms with van der Waals surface area (Å²) in [6.45, 7) is 2.46. The van der Waals surface area contributed by atoms with Crippen molar-refractivity contribution >= 4 is 57.9 Å². The Morgan fingerprint density at radius 2 is 2.03 bits per heavy atom. The Labute approximate surface area is 208 Å². The van der Waals surface area contributed by atoms with Gasteiger partial charge in [0.05, 0.1) is 0 Å². The number of esters is 2. The van der Waals surface area contributed by atoms with Crippen LogP contribution in [0.4, 0.5) is 5.13 Å². The summed E-state index contributed by atoms with van der Waals surface area (Å²) in [6, 6.07) is -0.924. The molecule has 3 aliphatic rings. The number of hydrogen-bond donors (Lipinski definition) is 2. The van der Waals surface area contributed by atoms with E-state index in [1.807, 2.05) is 6.92 Å². The molecule has 2 amide bonds. The lowest BCUT2D eigenvalue weighted by Crippen LogP contribution is -2.71. The fourth-order valence-corrected chi connectivity index (χ4v) is 5.57. The van der Waals surface area contributed by atoms with Crippen LogP contribution >= 0.6 is 23.3 Å². The van der Waals surface area contributed by atoms with Crippen molar-refractivity contribution in [1.82, 2.24) is 19.6 Å². The molecule has 0 spiro atoms. The minimum absolute atomic E-state index is 0.00549. The topological polar surface area (TPSA) is 175 Å². The Morgan fingerprint density at radius 3 is 2.69 bits per heavy atom. The first-order valence-corrected chi connectivity index (χ1v) is 12.6. The van der Waals surface area contributed by atoms with Crippen molar-refractivity contribution in [1.29, 1.82) is 0 Å². The van der Waals surface area contributed by atoms with Crippen LogP contribution in [0.2, 0.25) is 0 Å². The van der Waals surface area contributed by atoms with Gasteiger partial charge in [0.2, 0.25) is 18.3 Å². The van der Waals surface area contributed by atoms with Gasteiger partial charge < -0.3 is 25.4 Å². The highest BCUT2D eigenvalue weighted by Gasteiger charge is 2.54. The Balaban J connectivity index is 1.45. The summed E-state index contributed by atoms with van der Waals surface area (Å²) in [6.07, 6.45) is 5.19. The van der Waals surface area contributed by atoms with E-state index in [0.29, 0.717) is 0 Å². The maximum absolute atomic E-state index is 13.1. The van der Waals surface area contributed by atoms with Gasteiger partial charge in [-0.15, -0.1) is 11.8 Å². The number of rotatable bonds is 8.